The van der Waals surface area contributed by atoms with E-state index in [4.69, 9.17) is 9.47 Å². The van der Waals surface area contributed by atoms with Gasteiger partial charge in [0.05, 0.1) is 18.3 Å². The quantitative estimate of drug-likeness (QED) is 0.579. The topological polar surface area (TPSA) is 84.9 Å². The van der Waals surface area contributed by atoms with E-state index in [1.54, 1.807) is 11.0 Å². The van der Waals surface area contributed by atoms with Gasteiger partial charge in [0.1, 0.15) is 5.82 Å². The number of nitrogens with one attached hydrogen (secondary N) is 1. The fourth-order valence-corrected chi connectivity index (χ4v) is 2.77. The van der Waals surface area contributed by atoms with Gasteiger partial charge < -0.3 is 19.7 Å². The number of ether oxygens (including phenoxy) is 2. The summed E-state index contributed by atoms with van der Waals surface area (Å²) in [7, 11) is 0. The van der Waals surface area contributed by atoms with E-state index in [0.29, 0.717) is 31.0 Å². The summed E-state index contributed by atoms with van der Waals surface area (Å²) in [6.07, 6.45) is 1.43. The number of amides is 1. The first-order valence-corrected chi connectivity index (χ1v) is 8.56. The molecule has 0 radical (unpaired) electrons. The predicted molar refractivity (Wildman–Crippen MR) is 90.2 cm³/mol. The molecule has 8 heteroatoms. The third-order valence-electron chi connectivity index (χ3n) is 4.39. The Morgan fingerprint density at radius 3 is 2.81 bits per heavy atom. The van der Waals surface area contributed by atoms with Crippen molar-refractivity contribution >= 4 is 23.9 Å². The second-order valence-corrected chi connectivity index (χ2v) is 6.58. The Labute approximate surface area is 150 Å². The lowest BCUT2D eigenvalue weighted by Gasteiger charge is -2.21. The van der Waals surface area contributed by atoms with Gasteiger partial charge in [0.2, 0.25) is 5.91 Å². The van der Waals surface area contributed by atoms with Crippen molar-refractivity contribution in [1.29, 1.82) is 0 Å². The van der Waals surface area contributed by atoms with Crippen molar-refractivity contribution in [3.63, 3.8) is 0 Å². The van der Waals surface area contributed by atoms with Crippen molar-refractivity contribution in [3.05, 3.63) is 29.6 Å². The van der Waals surface area contributed by atoms with Gasteiger partial charge in [-0.1, -0.05) is 0 Å². The zero-order valence-corrected chi connectivity index (χ0v) is 14.4. The number of halogens is 1. The SMILES string of the molecule is CC(=O)NC[C@H]1CN(c2ccc(C(=O)OCC3CC3)c(F)c2)C(C=O)O1. The van der Waals surface area contributed by atoms with Crippen LogP contribution >= 0.6 is 0 Å². The van der Waals surface area contributed by atoms with Gasteiger partial charge in [0, 0.05) is 25.7 Å². The molecular formula is C18H21FN2O5. The van der Waals surface area contributed by atoms with E-state index in [-0.39, 0.29) is 24.1 Å². The highest BCUT2D eigenvalue weighted by molar-refractivity contribution is 5.90. The zero-order valence-electron chi connectivity index (χ0n) is 14.4. The third-order valence-corrected chi connectivity index (χ3v) is 4.39. The molecule has 7 nitrogen and oxygen atoms in total. The fraction of sp³-hybridized carbons (Fsp3) is 0.500. The molecule has 2 fully saturated rings. The van der Waals surface area contributed by atoms with Gasteiger partial charge in [0.15, 0.2) is 12.5 Å². The smallest absolute Gasteiger partial charge is 0.341 e. The Hall–Kier alpha value is -2.48. The van der Waals surface area contributed by atoms with Crippen LogP contribution in [0.25, 0.3) is 0 Å². The molecule has 3 rings (SSSR count). The second-order valence-electron chi connectivity index (χ2n) is 6.58. The molecule has 2 atom stereocenters. The van der Waals surface area contributed by atoms with Gasteiger partial charge in [-0.2, -0.15) is 0 Å². The number of esters is 1. The maximum atomic E-state index is 14.4. The van der Waals surface area contributed by atoms with E-state index >= 15 is 0 Å². The van der Waals surface area contributed by atoms with Crippen LogP contribution in [0.1, 0.15) is 30.1 Å². The Kier molecular flexibility index (Phi) is 5.51. The number of hydrogen-bond acceptors (Lipinski definition) is 6. The van der Waals surface area contributed by atoms with Crippen LogP contribution in [0.4, 0.5) is 10.1 Å². The van der Waals surface area contributed by atoms with Crippen molar-refractivity contribution < 1.29 is 28.2 Å². The fourth-order valence-electron chi connectivity index (χ4n) is 2.77. The van der Waals surface area contributed by atoms with Crippen LogP contribution in [0.5, 0.6) is 0 Å². The van der Waals surface area contributed by atoms with E-state index < -0.39 is 18.0 Å². The third kappa shape index (κ3) is 4.37. The summed E-state index contributed by atoms with van der Waals surface area (Å²) < 4.78 is 25.0. The number of aldehydes is 1. The van der Waals surface area contributed by atoms with Crippen LogP contribution in [-0.2, 0) is 19.1 Å². The molecule has 0 bridgehead atoms. The summed E-state index contributed by atoms with van der Waals surface area (Å²) in [4.78, 5) is 35.8. The monoisotopic (exact) mass is 364 g/mol. The van der Waals surface area contributed by atoms with Gasteiger partial charge in [-0.15, -0.1) is 0 Å². The average Bonchev–Trinajstić information content (AvgIpc) is 3.35. The first-order chi connectivity index (χ1) is 12.5. The van der Waals surface area contributed by atoms with Gasteiger partial charge in [-0.3, -0.25) is 9.59 Å². The number of anilines is 1. The molecule has 1 saturated heterocycles. The molecule has 1 aliphatic carbocycles. The molecule has 1 aliphatic heterocycles. The van der Waals surface area contributed by atoms with Crippen molar-refractivity contribution in [2.24, 2.45) is 5.92 Å². The Balaban J connectivity index is 1.67. The van der Waals surface area contributed by atoms with Gasteiger partial charge in [-0.25, -0.2) is 9.18 Å². The maximum Gasteiger partial charge on any atom is 0.341 e. The van der Waals surface area contributed by atoms with E-state index in [9.17, 15) is 18.8 Å². The van der Waals surface area contributed by atoms with Crippen LogP contribution in [-0.4, -0.2) is 50.2 Å². The summed E-state index contributed by atoms with van der Waals surface area (Å²) >= 11 is 0. The molecule has 1 aromatic carbocycles. The number of rotatable bonds is 7. The summed E-state index contributed by atoms with van der Waals surface area (Å²) in [5.74, 6) is -1.20. The van der Waals surface area contributed by atoms with Crippen LogP contribution in [0.3, 0.4) is 0 Å². The predicted octanol–water partition coefficient (Wildman–Crippen LogP) is 1.26. The van der Waals surface area contributed by atoms with Gasteiger partial charge in [-0.05, 0) is 37.0 Å². The van der Waals surface area contributed by atoms with Gasteiger partial charge in [0.25, 0.3) is 0 Å². The largest absolute Gasteiger partial charge is 0.462 e. The lowest BCUT2D eigenvalue weighted by Crippen LogP contribution is -2.33. The number of carbonyl (C=O) groups excluding carboxylic acids is 3. The van der Waals surface area contributed by atoms with E-state index in [2.05, 4.69) is 5.32 Å². The van der Waals surface area contributed by atoms with Crippen molar-refractivity contribution in [1.82, 2.24) is 5.32 Å². The Morgan fingerprint density at radius 1 is 1.42 bits per heavy atom. The van der Waals surface area contributed by atoms with E-state index in [1.807, 2.05) is 0 Å². The normalized spacial score (nSPS) is 22.2. The number of nitrogens with zero attached hydrogens (tertiary/aromatic N) is 1. The summed E-state index contributed by atoms with van der Waals surface area (Å²) in [5.41, 5.74) is 0.288. The standard InChI is InChI=1S/C18H21FN2O5/c1-11(23)20-7-14-8-21(17(9-22)26-14)13-4-5-15(16(19)6-13)18(24)25-10-12-2-3-12/h4-6,9,12,14,17H,2-3,7-8,10H2,1H3,(H,20,23)/t14-,17?/m0/s1. The van der Waals surface area contributed by atoms with Crippen molar-refractivity contribution in [2.45, 2.75) is 32.1 Å². The van der Waals surface area contributed by atoms with Crippen LogP contribution in [0.2, 0.25) is 0 Å². The molecule has 26 heavy (non-hydrogen) atoms. The lowest BCUT2D eigenvalue weighted by atomic mass is 10.1. The first kappa shape index (κ1) is 18.3. The first-order valence-electron chi connectivity index (χ1n) is 8.56. The number of benzene rings is 1. The van der Waals surface area contributed by atoms with Crippen LogP contribution in [0, 0.1) is 11.7 Å². The summed E-state index contributed by atoms with van der Waals surface area (Å²) in [6, 6.07) is 4.09. The molecule has 0 spiro atoms. The van der Waals surface area contributed by atoms with Crippen LogP contribution in [0.15, 0.2) is 18.2 Å². The highest BCUT2D eigenvalue weighted by Crippen LogP contribution is 2.30. The molecule has 0 aromatic heterocycles. The molecule has 1 amide bonds. The molecule has 1 unspecified atom stereocenters. The van der Waals surface area contributed by atoms with E-state index in [1.165, 1.54) is 19.1 Å². The Bertz CT molecular complexity index is 707. The number of hydrogen-bond donors (Lipinski definition) is 1. The van der Waals surface area contributed by atoms with Crippen molar-refractivity contribution in [3.8, 4) is 0 Å². The summed E-state index contributed by atoms with van der Waals surface area (Å²) in [5, 5.41) is 2.63. The molecular weight excluding hydrogens is 343 g/mol. The minimum atomic E-state index is -0.874. The minimum Gasteiger partial charge on any atom is -0.462 e. The molecule has 1 heterocycles. The molecule has 2 aliphatic rings. The lowest BCUT2D eigenvalue weighted by molar-refractivity contribution is -0.120. The highest BCUT2D eigenvalue weighted by Gasteiger charge is 2.33. The van der Waals surface area contributed by atoms with Crippen molar-refractivity contribution in [2.75, 3.05) is 24.6 Å². The zero-order chi connectivity index (χ0) is 18.7. The molecule has 1 N–H and O–H groups in total. The summed E-state index contributed by atoms with van der Waals surface area (Å²) in [6.45, 7) is 2.28. The minimum absolute atomic E-state index is 0.132. The second kappa shape index (κ2) is 7.82. The van der Waals surface area contributed by atoms with Gasteiger partial charge >= 0.3 is 5.97 Å². The Morgan fingerprint density at radius 2 is 2.19 bits per heavy atom. The molecule has 1 aromatic rings. The maximum absolute atomic E-state index is 14.4. The molecule has 1 saturated carbocycles. The average molecular weight is 364 g/mol. The van der Waals surface area contributed by atoms with Crippen LogP contribution < -0.4 is 10.2 Å². The van der Waals surface area contributed by atoms with E-state index in [0.717, 1.165) is 12.8 Å². The number of carbonyl (C=O) groups is 3. The molecule has 140 valence electrons. The highest BCUT2D eigenvalue weighted by atomic mass is 19.1.